The number of nitrogens with two attached hydrogens (primary N) is 1. The predicted molar refractivity (Wildman–Crippen MR) is 73.8 cm³/mol. The fourth-order valence-corrected chi connectivity index (χ4v) is 3.61. The van der Waals surface area contributed by atoms with Gasteiger partial charge in [0.1, 0.15) is 12.0 Å². The lowest BCUT2D eigenvalue weighted by Gasteiger charge is -2.45. The summed E-state index contributed by atoms with van der Waals surface area (Å²) in [7, 11) is 0. The Kier molecular flexibility index (Phi) is 3.29. The molecule has 2 aliphatic rings. The second-order valence-electron chi connectivity index (χ2n) is 5.35. The fraction of sp³-hybridized carbons (Fsp3) is 0.692. The number of nitrogen functional groups attached to an aromatic ring is 1. The molecule has 0 aromatic carbocycles. The van der Waals surface area contributed by atoms with Gasteiger partial charge < -0.3 is 10.6 Å². The average molecular weight is 267 g/mol. The van der Waals surface area contributed by atoms with Crippen LogP contribution in [0.4, 0.5) is 11.5 Å². The molecule has 2 fully saturated rings. The second kappa shape index (κ2) is 4.92. The van der Waals surface area contributed by atoms with E-state index in [0.717, 1.165) is 18.3 Å². The molecule has 4 nitrogen and oxygen atoms in total. The van der Waals surface area contributed by atoms with Gasteiger partial charge >= 0.3 is 0 Å². The van der Waals surface area contributed by atoms with E-state index in [1.807, 2.05) is 0 Å². The first-order valence-corrected chi connectivity index (χ1v) is 7.18. The van der Waals surface area contributed by atoms with Gasteiger partial charge in [0.05, 0.1) is 0 Å². The van der Waals surface area contributed by atoms with E-state index in [0.29, 0.717) is 16.9 Å². The Morgan fingerprint density at radius 3 is 2.83 bits per heavy atom. The van der Waals surface area contributed by atoms with Gasteiger partial charge in [-0.2, -0.15) is 0 Å². The Morgan fingerprint density at radius 1 is 1.17 bits per heavy atom. The van der Waals surface area contributed by atoms with Gasteiger partial charge in [-0.25, -0.2) is 9.97 Å². The zero-order valence-corrected chi connectivity index (χ0v) is 11.2. The minimum Gasteiger partial charge on any atom is -0.393 e. The van der Waals surface area contributed by atoms with Crippen LogP contribution >= 0.6 is 11.6 Å². The van der Waals surface area contributed by atoms with Gasteiger partial charge in [0, 0.05) is 12.6 Å². The number of fused-ring (bicyclic) bond motifs is 1. The third kappa shape index (κ3) is 2.03. The van der Waals surface area contributed by atoms with Crippen molar-refractivity contribution in [2.75, 3.05) is 17.2 Å². The molecular weight excluding hydrogens is 248 g/mol. The van der Waals surface area contributed by atoms with Crippen LogP contribution in [-0.2, 0) is 0 Å². The molecule has 1 saturated carbocycles. The van der Waals surface area contributed by atoms with Crippen molar-refractivity contribution in [2.24, 2.45) is 5.92 Å². The normalized spacial score (nSPS) is 27.9. The number of rotatable bonds is 1. The lowest BCUT2D eigenvalue weighted by Crippen LogP contribution is -2.47. The van der Waals surface area contributed by atoms with Crippen molar-refractivity contribution in [3.63, 3.8) is 0 Å². The van der Waals surface area contributed by atoms with Crippen molar-refractivity contribution < 1.29 is 0 Å². The van der Waals surface area contributed by atoms with Crippen molar-refractivity contribution in [1.82, 2.24) is 9.97 Å². The van der Waals surface area contributed by atoms with E-state index in [4.69, 9.17) is 17.3 Å². The summed E-state index contributed by atoms with van der Waals surface area (Å²) >= 11 is 6.01. The van der Waals surface area contributed by atoms with Crippen LogP contribution in [0.25, 0.3) is 0 Å². The lowest BCUT2D eigenvalue weighted by molar-refractivity contribution is 0.243. The van der Waals surface area contributed by atoms with Crippen molar-refractivity contribution >= 4 is 23.1 Å². The summed E-state index contributed by atoms with van der Waals surface area (Å²) in [5.74, 6) is 1.65. The maximum Gasteiger partial charge on any atom is 0.157 e. The molecular formula is C13H19ClN4. The molecule has 98 valence electrons. The molecule has 0 spiro atoms. The van der Waals surface area contributed by atoms with Crippen molar-refractivity contribution in [2.45, 2.75) is 44.6 Å². The fourth-order valence-electron chi connectivity index (χ4n) is 3.48. The monoisotopic (exact) mass is 266 g/mol. The number of hydrogen-bond donors (Lipinski definition) is 1. The average Bonchev–Trinajstić information content (AvgIpc) is 2.41. The molecule has 2 atom stereocenters. The SMILES string of the molecule is Nc1c(Cl)ncnc1N1CCCC2CCCCC21. The lowest BCUT2D eigenvalue weighted by atomic mass is 9.78. The smallest absolute Gasteiger partial charge is 0.157 e. The molecule has 3 rings (SSSR count). The van der Waals surface area contributed by atoms with Gasteiger partial charge in [-0.05, 0) is 31.6 Å². The number of aromatic nitrogens is 2. The zero-order chi connectivity index (χ0) is 12.5. The van der Waals surface area contributed by atoms with Crippen LogP contribution in [0.1, 0.15) is 38.5 Å². The minimum absolute atomic E-state index is 0.373. The second-order valence-corrected chi connectivity index (χ2v) is 5.71. The molecule has 0 bridgehead atoms. The van der Waals surface area contributed by atoms with Crippen LogP contribution in [0.3, 0.4) is 0 Å². The van der Waals surface area contributed by atoms with Gasteiger partial charge in [-0.1, -0.05) is 24.4 Å². The molecule has 2 unspecified atom stereocenters. The van der Waals surface area contributed by atoms with Crippen LogP contribution in [0.5, 0.6) is 0 Å². The first-order chi connectivity index (χ1) is 8.77. The van der Waals surface area contributed by atoms with Gasteiger partial charge in [-0.3, -0.25) is 0 Å². The topological polar surface area (TPSA) is 55.0 Å². The third-order valence-electron chi connectivity index (χ3n) is 4.33. The molecule has 18 heavy (non-hydrogen) atoms. The molecule has 1 aliphatic heterocycles. The summed E-state index contributed by atoms with van der Waals surface area (Å²) in [5.41, 5.74) is 6.57. The molecule has 0 amide bonds. The standard InChI is InChI=1S/C13H19ClN4/c14-12-11(15)13(17-8-16-12)18-7-3-5-9-4-1-2-6-10(9)18/h8-10H,1-7,15H2. The minimum atomic E-state index is 0.373. The van der Waals surface area contributed by atoms with E-state index < -0.39 is 0 Å². The summed E-state index contributed by atoms with van der Waals surface area (Å²) in [6.45, 7) is 1.04. The van der Waals surface area contributed by atoms with Gasteiger partial charge in [0.2, 0.25) is 0 Å². The number of halogens is 1. The van der Waals surface area contributed by atoms with Gasteiger partial charge in [0.15, 0.2) is 11.0 Å². The summed E-state index contributed by atoms with van der Waals surface area (Å²) in [6, 6.07) is 0.598. The Morgan fingerprint density at radius 2 is 1.94 bits per heavy atom. The van der Waals surface area contributed by atoms with E-state index in [1.165, 1.54) is 44.9 Å². The Bertz CT molecular complexity index is 435. The zero-order valence-electron chi connectivity index (χ0n) is 10.5. The molecule has 1 aromatic heterocycles. The quantitative estimate of drug-likeness (QED) is 0.794. The van der Waals surface area contributed by atoms with E-state index in [9.17, 15) is 0 Å². The van der Waals surface area contributed by atoms with Crippen LogP contribution in [-0.4, -0.2) is 22.6 Å². The van der Waals surface area contributed by atoms with Crippen molar-refractivity contribution in [1.29, 1.82) is 0 Å². The van der Waals surface area contributed by atoms with Gasteiger partial charge in [-0.15, -0.1) is 0 Å². The highest BCUT2D eigenvalue weighted by Crippen LogP contribution is 2.39. The van der Waals surface area contributed by atoms with Crippen LogP contribution in [0.2, 0.25) is 5.15 Å². The number of anilines is 2. The number of hydrogen-bond acceptors (Lipinski definition) is 4. The van der Waals surface area contributed by atoms with Crippen molar-refractivity contribution in [3.05, 3.63) is 11.5 Å². The van der Waals surface area contributed by atoms with Crippen LogP contribution in [0, 0.1) is 5.92 Å². The van der Waals surface area contributed by atoms with Crippen molar-refractivity contribution in [3.8, 4) is 0 Å². The highest BCUT2D eigenvalue weighted by molar-refractivity contribution is 6.32. The molecule has 2 heterocycles. The van der Waals surface area contributed by atoms with E-state index in [1.54, 1.807) is 0 Å². The Labute approximate surface area is 113 Å². The molecule has 0 radical (unpaired) electrons. The highest BCUT2D eigenvalue weighted by Gasteiger charge is 2.34. The summed E-state index contributed by atoms with van der Waals surface area (Å²) in [4.78, 5) is 10.7. The summed E-state index contributed by atoms with van der Waals surface area (Å²) in [5, 5.41) is 0.373. The Balaban J connectivity index is 1.92. The molecule has 2 N–H and O–H groups in total. The Hall–Kier alpha value is -1.03. The highest BCUT2D eigenvalue weighted by atomic mass is 35.5. The first kappa shape index (κ1) is 12.0. The van der Waals surface area contributed by atoms with Crippen LogP contribution in [0.15, 0.2) is 6.33 Å². The number of nitrogens with zero attached hydrogens (tertiary/aromatic N) is 3. The third-order valence-corrected chi connectivity index (χ3v) is 4.63. The molecule has 5 heteroatoms. The molecule has 1 aliphatic carbocycles. The number of piperidine rings is 1. The van der Waals surface area contributed by atoms with E-state index >= 15 is 0 Å². The van der Waals surface area contributed by atoms with Crippen LogP contribution < -0.4 is 10.6 Å². The van der Waals surface area contributed by atoms with Gasteiger partial charge in [0.25, 0.3) is 0 Å². The molecule has 1 saturated heterocycles. The maximum atomic E-state index is 6.04. The van der Waals surface area contributed by atoms with E-state index in [-0.39, 0.29) is 0 Å². The molecule has 1 aromatic rings. The predicted octanol–water partition coefficient (Wildman–Crippen LogP) is 2.87. The first-order valence-electron chi connectivity index (χ1n) is 6.80. The summed E-state index contributed by atoms with van der Waals surface area (Å²) in [6.07, 6.45) is 9.37. The van der Waals surface area contributed by atoms with E-state index in [2.05, 4.69) is 14.9 Å². The largest absolute Gasteiger partial charge is 0.393 e. The maximum absolute atomic E-state index is 6.04. The summed E-state index contributed by atoms with van der Waals surface area (Å²) < 4.78 is 0.